The summed E-state index contributed by atoms with van der Waals surface area (Å²) in [7, 11) is 0. The van der Waals surface area contributed by atoms with E-state index in [1.54, 1.807) is 11.0 Å². The quantitative estimate of drug-likeness (QED) is 0.835. The molecule has 1 amide bonds. The highest BCUT2D eigenvalue weighted by Crippen LogP contribution is 2.25. The van der Waals surface area contributed by atoms with Crippen LogP contribution in [-0.2, 0) is 0 Å². The highest BCUT2D eigenvalue weighted by atomic mass is 79.9. The minimum absolute atomic E-state index is 0.128. The molecule has 0 aliphatic carbocycles. The predicted molar refractivity (Wildman–Crippen MR) is 66.1 cm³/mol. The number of carbonyl (C=O) groups is 1. The number of amides is 1. The molecule has 1 rings (SSSR count). The molecule has 16 heavy (non-hydrogen) atoms. The first kappa shape index (κ1) is 13.2. The fraction of sp³-hybridized carbons (Fsp3) is 0.417. The van der Waals surface area contributed by atoms with Gasteiger partial charge in [0.1, 0.15) is 5.82 Å². The fourth-order valence-corrected chi connectivity index (χ4v) is 2.01. The molecule has 0 fully saturated rings. The van der Waals surface area contributed by atoms with Crippen molar-refractivity contribution in [2.75, 3.05) is 13.1 Å². The molecule has 0 spiro atoms. The number of carbonyl (C=O) groups excluding carboxylic acids is 1. The Balaban J connectivity index is 3.22. The standard InChI is InChI=1S/C12H15BrFNO/c1-4-15(5-2)12(16)10-9(14)7-6-8(3)11(10)13/h6-7H,4-5H2,1-3H3. The average Bonchev–Trinajstić information content (AvgIpc) is 2.26. The Hall–Kier alpha value is -0.900. The van der Waals surface area contributed by atoms with Crippen molar-refractivity contribution in [2.24, 2.45) is 0 Å². The van der Waals surface area contributed by atoms with Gasteiger partial charge in [-0.1, -0.05) is 6.07 Å². The van der Waals surface area contributed by atoms with Gasteiger partial charge in [-0.05, 0) is 48.3 Å². The van der Waals surface area contributed by atoms with E-state index in [1.165, 1.54) is 6.07 Å². The highest BCUT2D eigenvalue weighted by Gasteiger charge is 2.20. The Morgan fingerprint density at radius 1 is 1.38 bits per heavy atom. The van der Waals surface area contributed by atoms with Gasteiger partial charge in [-0.3, -0.25) is 4.79 Å². The maximum absolute atomic E-state index is 13.6. The summed E-state index contributed by atoms with van der Waals surface area (Å²) < 4.78 is 14.2. The van der Waals surface area contributed by atoms with Crippen LogP contribution in [0.15, 0.2) is 16.6 Å². The topological polar surface area (TPSA) is 20.3 Å². The molecule has 0 atom stereocenters. The van der Waals surface area contributed by atoms with Gasteiger partial charge in [0.15, 0.2) is 0 Å². The van der Waals surface area contributed by atoms with Gasteiger partial charge in [0.2, 0.25) is 0 Å². The minimum Gasteiger partial charge on any atom is -0.339 e. The van der Waals surface area contributed by atoms with Crippen molar-refractivity contribution >= 4 is 21.8 Å². The van der Waals surface area contributed by atoms with Gasteiger partial charge in [-0.2, -0.15) is 0 Å². The van der Waals surface area contributed by atoms with E-state index in [1.807, 2.05) is 20.8 Å². The van der Waals surface area contributed by atoms with E-state index < -0.39 is 5.82 Å². The molecule has 0 aromatic heterocycles. The van der Waals surface area contributed by atoms with Crippen LogP contribution in [0.2, 0.25) is 0 Å². The molecule has 4 heteroatoms. The van der Waals surface area contributed by atoms with Crippen LogP contribution >= 0.6 is 15.9 Å². The highest BCUT2D eigenvalue weighted by molar-refractivity contribution is 9.10. The van der Waals surface area contributed by atoms with Gasteiger partial charge in [-0.15, -0.1) is 0 Å². The smallest absolute Gasteiger partial charge is 0.257 e. The minimum atomic E-state index is -0.477. The number of aryl methyl sites for hydroxylation is 1. The van der Waals surface area contributed by atoms with Crippen molar-refractivity contribution in [2.45, 2.75) is 20.8 Å². The maximum Gasteiger partial charge on any atom is 0.257 e. The third kappa shape index (κ3) is 2.43. The van der Waals surface area contributed by atoms with Crippen LogP contribution in [0.4, 0.5) is 4.39 Å². The lowest BCUT2D eigenvalue weighted by molar-refractivity contribution is 0.0767. The number of nitrogens with zero attached hydrogens (tertiary/aromatic N) is 1. The molecule has 0 N–H and O–H groups in total. The number of halogens is 2. The second kappa shape index (κ2) is 5.43. The first-order chi connectivity index (χ1) is 7.52. The molecule has 1 aromatic rings. The van der Waals surface area contributed by atoms with Crippen LogP contribution in [0.25, 0.3) is 0 Å². The van der Waals surface area contributed by atoms with Gasteiger partial charge in [0, 0.05) is 17.6 Å². The first-order valence-electron chi connectivity index (χ1n) is 5.26. The largest absolute Gasteiger partial charge is 0.339 e. The van der Waals surface area contributed by atoms with Gasteiger partial charge < -0.3 is 4.90 Å². The summed E-state index contributed by atoms with van der Waals surface area (Å²) in [6, 6.07) is 2.98. The van der Waals surface area contributed by atoms with Gasteiger partial charge >= 0.3 is 0 Å². The second-order valence-corrected chi connectivity index (χ2v) is 4.32. The monoisotopic (exact) mass is 287 g/mol. The molecule has 0 unspecified atom stereocenters. The summed E-state index contributed by atoms with van der Waals surface area (Å²) in [5.41, 5.74) is 0.987. The third-order valence-corrected chi connectivity index (χ3v) is 3.57. The molecule has 0 saturated heterocycles. The van der Waals surface area contributed by atoms with E-state index in [0.717, 1.165) is 5.56 Å². The van der Waals surface area contributed by atoms with Gasteiger partial charge in [-0.25, -0.2) is 4.39 Å². The average molecular weight is 288 g/mol. The zero-order valence-electron chi connectivity index (χ0n) is 9.68. The van der Waals surface area contributed by atoms with Crippen molar-refractivity contribution < 1.29 is 9.18 Å². The Morgan fingerprint density at radius 3 is 2.44 bits per heavy atom. The lowest BCUT2D eigenvalue weighted by atomic mass is 10.1. The summed E-state index contributed by atoms with van der Waals surface area (Å²) in [4.78, 5) is 13.7. The predicted octanol–water partition coefficient (Wildman–Crippen LogP) is 3.38. The number of hydrogen-bond donors (Lipinski definition) is 0. The van der Waals surface area contributed by atoms with Crippen molar-refractivity contribution in [1.29, 1.82) is 0 Å². The van der Waals surface area contributed by atoms with E-state index in [-0.39, 0.29) is 11.5 Å². The van der Waals surface area contributed by atoms with E-state index >= 15 is 0 Å². The summed E-state index contributed by atoms with van der Waals surface area (Å²) in [5.74, 6) is -0.743. The van der Waals surface area contributed by atoms with E-state index in [9.17, 15) is 9.18 Å². The lowest BCUT2D eigenvalue weighted by Gasteiger charge is -2.20. The van der Waals surface area contributed by atoms with Crippen LogP contribution in [0.3, 0.4) is 0 Å². The summed E-state index contributed by atoms with van der Waals surface area (Å²) in [6.45, 7) is 6.75. The molecule has 0 saturated carbocycles. The Morgan fingerprint density at radius 2 is 1.94 bits per heavy atom. The molecule has 2 nitrogen and oxygen atoms in total. The molecule has 0 radical (unpaired) electrons. The van der Waals surface area contributed by atoms with E-state index in [0.29, 0.717) is 17.6 Å². The normalized spacial score (nSPS) is 10.3. The first-order valence-corrected chi connectivity index (χ1v) is 6.06. The molecule has 0 aliphatic rings. The Kier molecular flexibility index (Phi) is 4.47. The van der Waals surface area contributed by atoms with E-state index in [4.69, 9.17) is 0 Å². The third-order valence-electron chi connectivity index (χ3n) is 2.55. The zero-order chi connectivity index (χ0) is 12.3. The Labute approximate surface area is 104 Å². The molecular formula is C12H15BrFNO. The van der Waals surface area contributed by atoms with Crippen LogP contribution < -0.4 is 0 Å². The van der Waals surface area contributed by atoms with Crippen molar-refractivity contribution in [1.82, 2.24) is 4.90 Å². The Bertz CT molecular complexity index is 402. The van der Waals surface area contributed by atoms with Crippen LogP contribution in [0, 0.1) is 12.7 Å². The molecule has 0 bridgehead atoms. The van der Waals surface area contributed by atoms with Gasteiger partial charge in [0.05, 0.1) is 5.56 Å². The molecule has 88 valence electrons. The van der Waals surface area contributed by atoms with E-state index in [2.05, 4.69) is 15.9 Å². The van der Waals surface area contributed by atoms with Crippen molar-refractivity contribution in [3.63, 3.8) is 0 Å². The fourth-order valence-electron chi connectivity index (χ4n) is 1.52. The number of rotatable bonds is 3. The molecular weight excluding hydrogens is 273 g/mol. The van der Waals surface area contributed by atoms with Crippen molar-refractivity contribution in [3.05, 3.63) is 33.5 Å². The second-order valence-electron chi connectivity index (χ2n) is 3.53. The van der Waals surface area contributed by atoms with Crippen LogP contribution in [0.5, 0.6) is 0 Å². The van der Waals surface area contributed by atoms with Crippen LogP contribution in [-0.4, -0.2) is 23.9 Å². The molecule has 0 heterocycles. The van der Waals surface area contributed by atoms with Crippen molar-refractivity contribution in [3.8, 4) is 0 Å². The maximum atomic E-state index is 13.6. The summed E-state index contributed by atoms with van der Waals surface area (Å²) in [5, 5.41) is 0. The number of hydrogen-bond acceptors (Lipinski definition) is 1. The lowest BCUT2D eigenvalue weighted by Crippen LogP contribution is -2.31. The zero-order valence-corrected chi connectivity index (χ0v) is 11.3. The van der Waals surface area contributed by atoms with Gasteiger partial charge in [0.25, 0.3) is 5.91 Å². The summed E-state index contributed by atoms with van der Waals surface area (Å²) in [6.07, 6.45) is 0. The molecule has 0 aliphatic heterocycles. The molecule has 1 aromatic carbocycles. The van der Waals surface area contributed by atoms with Crippen LogP contribution in [0.1, 0.15) is 29.8 Å². The number of benzene rings is 1. The summed E-state index contributed by atoms with van der Waals surface area (Å²) >= 11 is 3.27. The SMILES string of the molecule is CCN(CC)C(=O)c1c(F)ccc(C)c1Br.